The van der Waals surface area contributed by atoms with Gasteiger partial charge in [0.15, 0.2) is 0 Å². The summed E-state index contributed by atoms with van der Waals surface area (Å²) in [5.41, 5.74) is 6.54. The third kappa shape index (κ3) is 2.25. The Morgan fingerprint density at radius 1 is 1.58 bits per heavy atom. The summed E-state index contributed by atoms with van der Waals surface area (Å²) < 4.78 is 0. The second-order valence-electron chi connectivity index (χ2n) is 4.43. The van der Waals surface area contributed by atoms with Crippen molar-refractivity contribution < 1.29 is 0 Å². The number of nitrogens with two attached hydrogens (primary N) is 1. The summed E-state index contributed by atoms with van der Waals surface area (Å²) in [6.07, 6.45) is 3.33. The van der Waals surface area contributed by atoms with Gasteiger partial charge in [-0.2, -0.15) is 0 Å². The molecule has 68 valence electrons. The standard InChI is InChI=1S/C11H19N/c1-4-5-6-7-10(12)9-8-11(9,2)3/h9-10H,6-8,12H2,1-3H3. The molecule has 1 fully saturated rings. The third-order valence-corrected chi connectivity index (χ3v) is 2.89. The fourth-order valence-electron chi connectivity index (χ4n) is 1.80. The SMILES string of the molecule is CC#CCCC(N)C1CC1(C)C. The van der Waals surface area contributed by atoms with Crippen LogP contribution in [-0.2, 0) is 0 Å². The molecule has 1 rings (SSSR count). The first-order valence-corrected chi connectivity index (χ1v) is 4.73. The largest absolute Gasteiger partial charge is 0.327 e. The zero-order chi connectivity index (χ0) is 9.19. The molecule has 1 saturated carbocycles. The molecule has 0 radical (unpaired) electrons. The van der Waals surface area contributed by atoms with Gasteiger partial charge in [0.1, 0.15) is 0 Å². The zero-order valence-corrected chi connectivity index (χ0v) is 8.35. The first kappa shape index (κ1) is 9.61. The van der Waals surface area contributed by atoms with Gasteiger partial charge in [-0.3, -0.25) is 0 Å². The van der Waals surface area contributed by atoms with Crippen LogP contribution in [0.25, 0.3) is 0 Å². The van der Waals surface area contributed by atoms with E-state index in [2.05, 4.69) is 25.7 Å². The van der Waals surface area contributed by atoms with Gasteiger partial charge in [0, 0.05) is 12.5 Å². The summed E-state index contributed by atoms with van der Waals surface area (Å²) in [4.78, 5) is 0. The molecule has 0 heterocycles. The quantitative estimate of drug-likeness (QED) is 0.637. The normalized spacial score (nSPS) is 27.2. The Balaban J connectivity index is 2.21. The molecular weight excluding hydrogens is 146 g/mol. The monoisotopic (exact) mass is 165 g/mol. The van der Waals surface area contributed by atoms with Crippen LogP contribution in [0, 0.1) is 23.2 Å². The second kappa shape index (κ2) is 3.49. The highest BCUT2D eigenvalue weighted by Gasteiger charge is 2.48. The highest BCUT2D eigenvalue weighted by Crippen LogP contribution is 2.53. The molecule has 0 aromatic carbocycles. The van der Waals surface area contributed by atoms with Gasteiger partial charge in [0.05, 0.1) is 0 Å². The predicted molar refractivity (Wildman–Crippen MR) is 52.5 cm³/mol. The van der Waals surface area contributed by atoms with Crippen molar-refractivity contribution in [2.75, 3.05) is 0 Å². The molecule has 0 aromatic rings. The molecule has 2 atom stereocenters. The molecule has 1 aliphatic rings. The fraction of sp³-hybridized carbons (Fsp3) is 0.818. The summed E-state index contributed by atoms with van der Waals surface area (Å²) in [5.74, 6) is 6.70. The average molecular weight is 165 g/mol. The van der Waals surface area contributed by atoms with Crippen molar-refractivity contribution in [2.24, 2.45) is 17.1 Å². The van der Waals surface area contributed by atoms with E-state index in [9.17, 15) is 0 Å². The Kier molecular flexibility index (Phi) is 2.80. The van der Waals surface area contributed by atoms with Crippen LogP contribution < -0.4 is 5.73 Å². The molecule has 0 amide bonds. The molecule has 1 heteroatoms. The minimum atomic E-state index is 0.376. The van der Waals surface area contributed by atoms with Crippen LogP contribution in [0.1, 0.15) is 40.0 Å². The predicted octanol–water partition coefficient (Wildman–Crippen LogP) is 2.16. The zero-order valence-electron chi connectivity index (χ0n) is 8.35. The van der Waals surface area contributed by atoms with E-state index >= 15 is 0 Å². The molecule has 1 aliphatic carbocycles. The third-order valence-electron chi connectivity index (χ3n) is 2.89. The lowest BCUT2D eigenvalue weighted by Gasteiger charge is -2.10. The molecule has 2 unspecified atom stereocenters. The lowest BCUT2D eigenvalue weighted by molar-refractivity contribution is 0.461. The van der Waals surface area contributed by atoms with Crippen molar-refractivity contribution in [1.29, 1.82) is 0 Å². The molecule has 2 N–H and O–H groups in total. The summed E-state index contributed by atoms with van der Waals surface area (Å²) in [7, 11) is 0. The Labute approximate surface area is 75.7 Å². The van der Waals surface area contributed by atoms with E-state index in [1.165, 1.54) is 6.42 Å². The highest BCUT2D eigenvalue weighted by molar-refractivity contribution is 5.02. The van der Waals surface area contributed by atoms with Gasteiger partial charge >= 0.3 is 0 Å². The molecule has 0 saturated heterocycles. The van der Waals surface area contributed by atoms with E-state index < -0.39 is 0 Å². The summed E-state index contributed by atoms with van der Waals surface area (Å²) in [5, 5.41) is 0. The summed E-state index contributed by atoms with van der Waals surface area (Å²) in [6.45, 7) is 6.47. The summed E-state index contributed by atoms with van der Waals surface area (Å²) >= 11 is 0. The minimum absolute atomic E-state index is 0.376. The van der Waals surface area contributed by atoms with Gasteiger partial charge in [-0.05, 0) is 31.1 Å². The molecule has 0 spiro atoms. The van der Waals surface area contributed by atoms with E-state index in [0.717, 1.165) is 18.8 Å². The molecule has 0 bridgehead atoms. The molecule has 1 nitrogen and oxygen atoms in total. The van der Waals surface area contributed by atoms with E-state index in [1.54, 1.807) is 0 Å². The average Bonchev–Trinajstić information content (AvgIpc) is 2.60. The van der Waals surface area contributed by atoms with Gasteiger partial charge in [0.2, 0.25) is 0 Å². The van der Waals surface area contributed by atoms with Crippen molar-refractivity contribution in [3.05, 3.63) is 0 Å². The smallest absolute Gasteiger partial charge is 0.0103 e. The Morgan fingerprint density at radius 3 is 2.58 bits per heavy atom. The van der Waals surface area contributed by atoms with Crippen LogP contribution >= 0.6 is 0 Å². The lowest BCUT2D eigenvalue weighted by Crippen LogP contribution is -2.24. The van der Waals surface area contributed by atoms with E-state index in [4.69, 9.17) is 5.73 Å². The molecule has 12 heavy (non-hydrogen) atoms. The van der Waals surface area contributed by atoms with Crippen LogP contribution in [-0.4, -0.2) is 6.04 Å². The first-order chi connectivity index (χ1) is 5.58. The maximum absolute atomic E-state index is 6.03. The van der Waals surface area contributed by atoms with Gasteiger partial charge in [0.25, 0.3) is 0 Å². The van der Waals surface area contributed by atoms with Crippen LogP contribution in [0.2, 0.25) is 0 Å². The van der Waals surface area contributed by atoms with E-state index in [1.807, 2.05) is 6.92 Å². The molecule has 0 aromatic heterocycles. The number of rotatable bonds is 3. The van der Waals surface area contributed by atoms with Crippen molar-refractivity contribution in [3.8, 4) is 11.8 Å². The van der Waals surface area contributed by atoms with E-state index in [0.29, 0.717) is 11.5 Å². The highest BCUT2D eigenvalue weighted by atomic mass is 14.7. The topological polar surface area (TPSA) is 26.0 Å². The molecule has 0 aliphatic heterocycles. The van der Waals surface area contributed by atoms with Crippen LogP contribution in [0.3, 0.4) is 0 Å². The fourth-order valence-corrected chi connectivity index (χ4v) is 1.80. The van der Waals surface area contributed by atoms with Crippen LogP contribution in [0.4, 0.5) is 0 Å². The van der Waals surface area contributed by atoms with Crippen molar-refractivity contribution >= 4 is 0 Å². The van der Waals surface area contributed by atoms with Crippen molar-refractivity contribution in [1.82, 2.24) is 0 Å². The maximum Gasteiger partial charge on any atom is 0.0103 e. The second-order valence-corrected chi connectivity index (χ2v) is 4.43. The van der Waals surface area contributed by atoms with Crippen LogP contribution in [0.15, 0.2) is 0 Å². The number of hydrogen-bond donors (Lipinski definition) is 1. The first-order valence-electron chi connectivity index (χ1n) is 4.73. The Bertz CT molecular complexity index is 207. The van der Waals surface area contributed by atoms with Gasteiger partial charge in [-0.25, -0.2) is 0 Å². The van der Waals surface area contributed by atoms with Crippen LogP contribution in [0.5, 0.6) is 0 Å². The van der Waals surface area contributed by atoms with Crippen molar-refractivity contribution in [3.63, 3.8) is 0 Å². The Morgan fingerprint density at radius 2 is 2.17 bits per heavy atom. The summed E-state index contributed by atoms with van der Waals surface area (Å²) in [6, 6.07) is 0.376. The molecular formula is C11H19N. The lowest BCUT2D eigenvalue weighted by atomic mass is 10.0. The van der Waals surface area contributed by atoms with Gasteiger partial charge in [-0.15, -0.1) is 11.8 Å². The maximum atomic E-state index is 6.03. The number of hydrogen-bond acceptors (Lipinski definition) is 1. The van der Waals surface area contributed by atoms with Crippen molar-refractivity contribution in [2.45, 2.75) is 46.1 Å². The van der Waals surface area contributed by atoms with E-state index in [-0.39, 0.29) is 0 Å². The van der Waals surface area contributed by atoms with Gasteiger partial charge < -0.3 is 5.73 Å². The van der Waals surface area contributed by atoms with Gasteiger partial charge in [-0.1, -0.05) is 13.8 Å². The Hall–Kier alpha value is -0.480. The minimum Gasteiger partial charge on any atom is -0.327 e.